The van der Waals surface area contributed by atoms with Crippen LogP contribution in [0.15, 0.2) is 57.9 Å². The van der Waals surface area contributed by atoms with E-state index in [1.54, 1.807) is 11.8 Å². The third-order valence-electron chi connectivity index (χ3n) is 2.91. The van der Waals surface area contributed by atoms with E-state index < -0.39 is 0 Å². The van der Waals surface area contributed by atoms with Gasteiger partial charge in [0.2, 0.25) is 0 Å². The van der Waals surface area contributed by atoms with Crippen molar-refractivity contribution in [3.05, 3.63) is 63.6 Å². The summed E-state index contributed by atoms with van der Waals surface area (Å²) < 4.78 is 1.12. The summed E-state index contributed by atoms with van der Waals surface area (Å²) in [7, 11) is 0. The largest absolute Gasteiger partial charge is 0.271 e. The molecule has 0 bridgehead atoms. The predicted molar refractivity (Wildman–Crippen MR) is 91.1 cm³/mol. The normalized spacial score (nSPS) is 12.3. The topological polar surface area (TPSA) is 38.0 Å². The number of hydrogen-bond acceptors (Lipinski definition) is 3. The van der Waals surface area contributed by atoms with Crippen LogP contribution in [-0.4, -0.2) is 11.8 Å². The van der Waals surface area contributed by atoms with Crippen LogP contribution in [0.4, 0.5) is 0 Å². The molecule has 2 aromatic carbocycles. The van der Waals surface area contributed by atoms with Gasteiger partial charge < -0.3 is 0 Å². The summed E-state index contributed by atoms with van der Waals surface area (Å²) in [5.41, 5.74) is 4.11. The Hall–Kier alpha value is -0.520. The fourth-order valence-electron chi connectivity index (χ4n) is 1.82. The Bertz CT molecular complexity index is 548. The van der Waals surface area contributed by atoms with Crippen LogP contribution in [0.3, 0.4) is 0 Å². The molecule has 5 heteroatoms. The van der Waals surface area contributed by atoms with Gasteiger partial charge in [-0.15, -0.1) is 11.8 Å². The Morgan fingerprint density at radius 3 is 2.50 bits per heavy atom. The van der Waals surface area contributed by atoms with Gasteiger partial charge in [0, 0.05) is 26.2 Å². The average molecular weight is 372 g/mol. The highest BCUT2D eigenvalue weighted by atomic mass is 79.9. The fraction of sp³-hybridized carbons (Fsp3) is 0.200. The summed E-state index contributed by atoms with van der Waals surface area (Å²) >= 11 is 11.2. The molecule has 1 unspecified atom stereocenters. The molecule has 1 atom stereocenters. The number of thioether (sulfide) groups is 1. The second-order valence-electron chi connectivity index (χ2n) is 4.44. The first kappa shape index (κ1) is 15.9. The van der Waals surface area contributed by atoms with Gasteiger partial charge in [0.1, 0.15) is 0 Å². The first-order valence-electron chi connectivity index (χ1n) is 6.27. The summed E-state index contributed by atoms with van der Waals surface area (Å²) in [5, 5.41) is 0.758. The minimum absolute atomic E-state index is 0.216. The molecule has 0 heterocycles. The van der Waals surface area contributed by atoms with E-state index in [1.807, 2.05) is 42.5 Å². The van der Waals surface area contributed by atoms with Gasteiger partial charge in [0.15, 0.2) is 0 Å². The highest BCUT2D eigenvalue weighted by Gasteiger charge is 2.09. The number of halogens is 2. The van der Waals surface area contributed by atoms with Crippen molar-refractivity contribution in [1.29, 1.82) is 0 Å². The molecule has 2 aromatic rings. The van der Waals surface area contributed by atoms with Crippen molar-refractivity contribution in [2.75, 3.05) is 5.75 Å². The van der Waals surface area contributed by atoms with E-state index in [4.69, 9.17) is 17.4 Å². The first-order chi connectivity index (χ1) is 9.69. The molecule has 0 aliphatic carbocycles. The number of nitrogens with two attached hydrogens (primary N) is 1. The maximum atomic E-state index is 5.89. The van der Waals surface area contributed by atoms with Crippen molar-refractivity contribution >= 4 is 39.3 Å². The van der Waals surface area contributed by atoms with Crippen molar-refractivity contribution in [3.8, 4) is 0 Å². The van der Waals surface area contributed by atoms with Crippen molar-refractivity contribution in [3.63, 3.8) is 0 Å². The molecule has 106 valence electrons. The van der Waals surface area contributed by atoms with Crippen LogP contribution >= 0.6 is 39.3 Å². The summed E-state index contributed by atoms with van der Waals surface area (Å²) in [5.74, 6) is 6.56. The van der Waals surface area contributed by atoms with Crippen molar-refractivity contribution < 1.29 is 0 Å². The Balaban J connectivity index is 1.92. The van der Waals surface area contributed by atoms with Gasteiger partial charge >= 0.3 is 0 Å². The van der Waals surface area contributed by atoms with Crippen LogP contribution < -0.4 is 11.3 Å². The predicted octanol–water partition coefficient (Wildman–Crippen LogP) is 4.27. The average Bonchev–Trinajstić information content (AvgIpc) is 2.47. The minimum atomic E-state index is 0.216. The van der Waals surface area contributed by atoms with Crippen LogP contribution in [0.1, 0.15) is 5.56 Å². The van der Waals surface area contributed by atoms with Crippen LogP contribution in [0, 0.1) is 0 Å². The summed E-state index contributed by atoms with van der Waals surface area (Å²) in [6, 6.07) is 16.3. The third kappa shape index (κ3) is 4.79. The molecule has 0 fully saturated rings. The van der Waals surface area contributed by atoms with Crippen molar-refractivity contribution in [2.45, 2.75) is 17.4 Å². The molecule has 2 rings (SSSR count). The lowest BCUT2D eigenvalue weighted by Crippen LogP contribution is -2.38. The van der Waals surface area contributed by atoms with Crippen LogP contribution in [-0.2, 0) is 6.42 Å². The molecule has 0 aromatic heterocycles. The smallest absolute Gasteiger partial charge is 0.0406 e. The number of rotatable bonds is 6. The number of hydrogen-bond donors (Lipinski definition) is 2. The Morgan fingerprint density at radius 2 is 1.85 bits per heavy atom. The van der Waals surface area contributed by atoms with E-state index >= 15 is 0 Å². The van der Waals surface area contributed by atoms with E-state index in [2.05, 4.69) is 27.4 Å². The zero-order valence-corrected chi connectivity index (χ0v) is 14.0. The van der Waals surface area contributed by atoms with Gasteiger partial charge in [0.25, 0.3) is 0 Å². The molecule has 0 radical (unpaired) electrons. The maximum Gasteiger partial charge on any atom is 0.0406 e. The van der Waals surface area contributed by atoms with Gasteiger partial charge in [0.05, 0.1) is 0 Å². The summed E-state index contributed by atoms with van der Waals surface area (Å²) in [6.45, 7) is 0. The van der Waals surface area contributed by atoms with Gasteiger partial charge in [-0.25, -0.2) is 0 Å². The maximum absolute atomic E-state index is 5.89. The minimum Gasteiger partial charge on any atom is -0.271 e. The quantitative estimate of drug-likeness (QED) is 0.452. The van der Waals surface area contributed by atoms with Crippen LogP contribution in [0.5, 0.6) is 0 Å². The molecular formula is C15H16BrClN2S. The van der Waals surface area contributed by atoms with Crippen LogP contribution in [0.25, 0.3) is 0 Å². The molecule has 0 aliphatic rings. The molecule has 0 amide bonds. The molecule has 0 saturated carbocycles. The van der Waals surface area contributed by atoms with E-state index in [0.29, 0.717) is 0 Å². The molecule has 2 nitrogen and oxygen atoms in total. The Labute approximate surface area is 137 Å². The molecule has 0 spiro atoms. The van der Waals surface area contributed by atoms with Gasteiger partial charge in [-0.05, 0) is 52.2 Å². The number of nitrogens with one attached hydrogen (secondary N) is 1. The highest BCUT2D eigenvalue weighted by Crippen LogP contribution is 2.27. The number of hydrazine groups is 1. The lowest BCUT2D eigenvalue weighted by molar-refractivity contribution is 0.575. The van der Waals surface area contributed by atoms with Gasteiger partial charge in [-0.3, -0.25) is 11.3 Å². The second-order valence-corrected chi connectivity index (χ2v) is 6.79. The number of benzene rings is 2. The Morgan fingerprint density at radius 1 is 1.15 bits per heavy atom. The van der Waals surface area contributed by atoms with Crippen molar-refractivity contribution in [2.24, 2.45) is 5.84 Å². The molecule has 0 aliphatic heterocycles. The van der Waals surface area contributed by atoms with E-state index in [0.717, 1.165) is 21.7 Å². The SMILES string of the molecule is NNC(CSc1ccccc1Br)Cc1ccc(Cl)cc1. The summed E-state index contributed by atoms with van der Waals surface area (Å²) in [6.07, 6.45) is 0.880. The monoisotopic (exact) mass is 370 g/mol. The highest BCUT2D eigenvalue weighted by molar-refractivity contribution is 9.10. The first-order valence-corrected chi connectivity index (χ1v) is 8.42. The standard InChI is InChI=1S/C15H16BrClN2S/c16-14-3-1-2-4-15(14)20-10-13(19-18)9-11-5-7-12(17)8-6-11/h1-8,13,19H,9-10,18H2. The lowest BCUT2D eigenvalue weighted by atomic mass is 10.1. The lowest BCUT2D eigenvalue weighted by Gasteiger charge is -2.16. The molecule has 20 heavy (non-hydrogen) atoms. The van der Waals surface area contributed by atoms with E-state index in [1.165, 1.54) is 10.5 Å². The van der Waals surface area contributed by atoms with E-state index in [-0.39, 0.29) is 6.04 Å². The van der Waals surface area contributed by atoms with Crippen LogP contribution in [0.2, 0.25) is 5.02 Å². The molecular weight excluding hydrogens is 356 g/mol. The zero-order valence-electron chi connectivity index (χ0n) is 10.9. The van der Waals surface area contributed by atoms with Gasteiger partial charge in [-0.2, -0.15) is 0 Å². The van der Waals surface area contributed by atoms with E-state index in [9.17, 15) is 0 Å². The molecule has 3 N–H and O–H groups in total. The van der Waals surface area contributed by atoms with Crippen molar-refractivity contribution in [1.82, 2.24) is 5.43 Å². The summed E-state index contributed by atoms with van der Waals surface area (Å²) in [4.78, 5) is 1.23. The Kier molecular flexibility index (Phi) is 6.39. The molecule has 0 saturated heterocycles. The fourth-order valence-corrected chi connectivity index (χ4v) is 3.55. The zero-order chi connectivity index (χ0) is 14.4. The second kappa shape index (κ2) is 8.05. The third-order valence-corrected chi connectivity index (χ3v) is 5.35. The van der Waals surface area contributed by atoms with Gasteiger partial charge in [-0.1, -0.05) is 35.9 Å².